The minimum atomic E-state index is -0.422. The molecule has 25 heavy (non-hydrogen) atoms. The van der Waals surface area contributed by atoms with Crippen LogP contribution in [0.25, 0.3) is 0 Å². The minimum absolute atomic E-state index is 0.139. The maximum Gasteiger partial charge on any atom is 0.271 e. The lowest BCUT2D eigenvalue weighted by molar-refractivity contribution is 0.0944. The van der Waals surface area contributed by atoms with E-state index in [-0.39, 0.29) is 5.11 Å². The number of carbonyl (C=O) groups is 1. The predicted molar refractivity (Wildman–Crippen MR) is 103 cm³/mol. The van der Waals surface area contributed by atoms with Gasteiger partial charge in [-0.2, -0.15) is 0 Å². The number of amides is 1. The molecule has 0 aliphatic heterocycles. The Kier molecular flexibility index (Phi) is 6.69. The summed E-state index contributed by atoms with van der Waals surface area (Å²) in [6.45, 7) is 0. The smallest absolute Gasteiger partial charge is 0.271 e. The zero-order chi connectivity index (χ0) is 18.4. The van der Waals surface area contributed by atoms with Gasteiger partial charge < -0.3 is 14.8 Å². The largest absolute Gasteiger partial charge is 0.495 e. The first-order chi connectivity index (χ1) is 12.0. The number of benzene rings is 2. The first kappa shape index (κ1) is 19.1. The normalized spacial score (nSPS) is 9.92. The van der Waals surface area contributed by atoms with Crippen LogP contribution in [0.1, 0.15) is 10.4 Å². The second kappa shape index (κ2) is 8.75. The van der Waals surface area contributed by atoms with Gasteiger partial charge >= 0.3 is 0 Å². The second-order valence-electron chi connectivity index (χ2n) is 4.70. The average molecular weight is 400 g/mol. The van der Waals surface area contributed by atoms with Gasteiger partial charge in [-0.15, -0.1) is 0 Å². The Morgan fingerprint density at radius 3 is 2.32 bits per heavy atom. The Morgan fingerprint density at radius 2 is 1.68 bits per heavy atom. The molecular weight excluding hydrogens is 385 g/mol. The Bertz CT molecular complexity index is 802. The molecule has 2 rings (SSSR count). The number of anilines is 1. The third kappa shape index (κ3) is 4.88. The number of methoxy groups -OCH3 is 2. The van der Waals surface area contributed by atoms with Crippen molar-refractivity contribution in [2.24, 2.45) is 0 Å². The van der Waals surface area contributed by atoms with E-state index < -0.39 is 5.91 Å². The van der Waals surface area contributed by atoms with Gasteiger partial charge in [0.25, 0.3) is 5.91 Å². The van der Waals surface area contributed by atoms with Crippen molar-refractivity contribution in [2.75, 3.05) is 19.5 Å². The number of hydrogen-bond acceptors (Lipinski definition) is 4. The zero-order valence-corrected chi connectivity index (χ0v) is 15.7. The first-order valence-corrected chi connectivity index (χ1v) is 8.16. The monoisotopic (exact) mass is 399 g/mol. The van der Waals surface area contributed by atoms with Crippen LogP contribution in [-0.2, 0) is 0 Å². The van der Waals surface area contributed by atoms with E-state index in [0.717, 1.165) is 0 Å². The molecule has 0 radical (unpaired) electrons. The molecule has 6 nitrogen and oxygen atoms in total. The van der Waals surface area contributed by atoms with Gasteiger partial charge in [-0.3, -0.25) is 15.6 Å². The maximum absolute atomic E-state index is 12.1. The van der Waals surface area contributed by atoms with E-state index in [1.807, 2.05) is 0 Å². The van der Waals surface area contributed by atoms with Crippen LogP contribution in [0, 0.1) is 0 Å². The van der Waals surface area contributed by atoms with Crippen LogP contribution in [0.2, 0.25) is 10.0 Å². The van der Waals surface area contributed by atoms with Crippen LogP contribution < -0.4 is 25.6 Å². The Morgan fingerprint density at radius 1 is 1.00 bits per heavy atom. The number of carbonyl (C=O) groups excluding carboxylic acids is 1. The molecule has 3 N–H and O–H groups in total. The van der Waals surface area contributed by atoms with Crippen LogP contribution in [0.5, 0.6) is 11.5 Å². The van der Waals surface area contributed by atoms with Gasteiger partial charge in [-0.1, -0.05) is 35.3 Å². The summed E-state index contributed by atoms with van der Waals surface area (Å²) in [6, 6.07) is 9.89. The standard InChI is InChI=1S/C16H15Cl2N3O3S/c1-23-13-8-14(24-2)12(7-11(13)18)19-16(25)21-20-15(22)9-5-3-4-6-10(9)17/h3-8H,1-2H3,(H,20,22)(H2,19,21,25). The number of hydrogen-bond donors (Lipinski definition) is 3. The third-order valence-corrected chi connectivity index (χ3v) is 3.96. The van der Waals surface area contributed by atoms with E-state index in [1.165, 1.54) is 14.2 Å². The molecule has 0 fully saturated rings. The summed E-state index contributed by atoms with van der Waals surface area (Å²) >= 11 is 17.2. The van der Waals surface area contributed by atoms with Crippen molar-refractivity contribution in [2.45, 2.75) is 0 Å². The fourth-order valence-electron chi connectivity index (χ4n) is 1.94. The summed E-state index contributed by atoms with van der Waals surface area (Å²) in [6.07, 6.45) is 0. The molecule has 132 valence electrons. The Balaban J connectivity index is 2.02. The van der Waals surface area contributed by atoms with E-state index in [9.17, 15) is 4.79 Å². The number of thiocarbonyl (C=S) groups is 1. The molecule has 0 aromatic heterocycles. The van der Waals surface area contributed by atoms with Crippen molar-refractivity contribution in [3.63, 3.8) is 0 Å². The SMILES string of the molecule is COc1cc(OC)c(NC(=S)NNC(=O)c2ccccc2Cl)cc1Cl. The summed E-state index contributed by atoms with van der Waals surface area (Å²) in [5.74, 6) is 0.521. The highest BCUT2D eigenvalue weighted by Gasteiger charge is 2.12. The van der Waals surface area contributed by atoms with Gasteiger partial charge in [0, 0.05) is 6.07 Å². The molecule has 0 heterocycles. The highest BCUT2D eigenvalue weighted by atomic mass is 35.5. The van der Waals surface area contributed by atoms with Crippen molar-refractivity contribution < 1.29 is 14.3 Å². The molecule has 1 amide bonds. The minimum Gasteiger partial charge on any atom is -0.495 e. The number of nitrogens with one attached hydrogen (secondary N) is 3. The van der Waals surface area contributed by atoms with Crippen molar-refractivity contribution in [1.82, 2.24) is 10.9 Å². The van der Waals surface area contributed by atoms with Crippen LogP contribution in [-0.4, -0.2) is 25.2 Å². The lowest BCUT2D eigenvalue weighted by Crippen LogP contribution is -2.43. The maximum atomic E-state index is 12.1. The van der Waals surface area contributed by atoms with E-state index in [2.05, 4.69) is 16.2 Å². The molecule has 0 unspecified atom stereocenters. The Hall–Kier alpha value is -2.22. The number of ether oxygens (including phenoxy) is 2. The molecule has 2 aromatic carbocycles. The summed E-state index contributed by atoms with van der Waals surface area (Å²) < 4.78 is 10.4. The van der Waals surface area contributed by atoms with Crippen LogP contribution in [0.3, 0.4) is 0 Å². The second-order valence-corrected chi connectivity index (χ2v) is 5.92. The topological polar surface area (TPSA) is 71.6 Å². The van der Waals surface area contributed by atoms with Gasteiger partial charge in [-0.25, -0.2) is 0 Å². The fourth-order valence-corrected chi connectivity index (χ4v) is 2.56. The van der Waals surface area contributed by atoms with Crippen molar-refractivity contribution >= 4 is 52.1 Å². The number of rotatable bonds is 4. The highest BCUT2D eigenvalue weighted by Crippen LogP contribution is 2.35. The molecule has 0 spiro atoms. The lowest BCUT2D eigenvalue weighted by Gasteiger charge is -2.15. The third-order valence-electron chi connectivity index (χ3n) is 3.13. The molecule has 0 saturated heterocycles. The van der Waals surface area contributed by atoms with Gasteiger partial charge in [0.1, 0.15) is 11.5 Å². The van der Waals surface area contributed by atoms with Crippen LogP contribution in [0.15, 0.2) is 36.4 Å². The number of hydrazine groups is 1. The van der Waals surface area contributed by atoms with Gasteiger partial charge in [0.05, 0.1) is 35.5 Å². The molecule has 9 heteroatoms. The number of halogens is 2. The van der Waals surface area contributed by atoms with E-state index in [1.54, 1.807) is 36.4 Å². The molecule has 0 aliphatic rings. The molecule has 0 aliphatic carbocycles. The molecule has 0 atom stereocenters. The molecule has 0 bridgehead atoms. The van der Waals surface area contributed by atoms with E-state index >= 15 is 0 Å². The van der Waals surface area contributed by atoms with Gasteiger partial charge in [-0.05, 0) is 30.4 Å². The quantitative estimate of drug-likeness (QED) is 0.538. The van der Waals surface area contributed by atoms with Crippen molar-refractivity contribution in [3.05, 3.63) is 52.0 Å². The van der Waals surface area contributed by atoms with Crippen molar-refractivity contribution in [1.29, 1.82) is 0 Å². The summed E-state index contributed by atoms with van der Waals surface area (Å²) in [7, 11) is 3.01. The average Bonchev–Trinajstić information content (AvgIpc) is 2.60. The van der Waals surface area contributed by atoms with Gasteiger partial charge in [0.15, 0.2) is 5.11 Å². The summed E-state index contributed by atoms with van der Waals surface area (Å²) in [5, 5.41) is 3.74. The fraction of sp³-hybridized carbons (Fsp3) is 0.125. The zero-order valence-electron chi connectivity index (χ0n) is 13.4. The molecular formula is C16H15Cl2N3O3S. The van der Waals surface area contributed by atoms with Crippen LogP contribution >= 0.6 is 35.4 Å². The molecule has 2 aromatic rings. The van der Waals surface area contributed by atoms with E-state index in [0.29, 0.717) is 32.8 Å². The van der Waals surface area contributed by atoms with Crippen LogP contribution in [0.4, 0.5) is 5.69 Å². The molecule has 0 saturated carbocycles. The van der Waals surface area contributed by atoms with Crippen molar-refractivity contribution in [3.8, 4) is 11.5 Å². The first-order valence-electron chi connectivity index (χ1n) is 6.99. The summed E-state index contributed by atoms with van der Waals surface area (Å²) in [5.41, 5.74) is 5.88. The van der Waals surface area contributed by atoms with Gasteiger partial charge in [0.2, 0.25) is 0 Å². The Labute approximate surface area is 160 Å². The lowest BCUT2D eigenvalue weighted by atomic mass is 10.2. The highest BCUT2D eigenvalue weighted by molar-refractivity contribution is 7.80. The van der Waals surface area contributed by atoms with E-state index in [4.69, 9.17) is 44.9 Å². The summed E-state index contributed by atoms with van der Waals surface area (Å²) in [4.78, 5) is 12.1. The predicted octanol–water partition coefficient (Wildman–Crippen LogP) is 3.64.